The van der Waals surface area contributed by atoms with Crippen molar-refractivity contribution in [2.45, 2.75) is 6.54 Å². The van der Waals surface area contributed by atoms with Crippen molar-refractivity contribution in [3.05, 3.63) is 42.6 Å². The Balaban J connectivity index is 1.80. The van der Waals surface area contributed by atoms with Crippen molar-refractivity contribution in [1.29, 1.82) is 0 Å². The number of nitrogens with one attached hydrogen (secondary N) is 1. The fourth-order valence-corrected chi connectivity index (χ4v) is 2.26. The number of para-hydroxylation sites is 1. The molecule has 20 heavy (non-hydrogen) atoms. The topological polar surface area (TPSA) is 98.3 Å². The summed E-state index contributed by atoms with van der Waals surface area (Å²) >= 11 is 0. The first-order valence-electron chi connectivity index (χ1n) is 6.17. The molecule has 0 unspecified atom stereocenters. The molecule has 0 fully saturated rings. The summed E-state index contributed by atoms with van der Waals surface area (Å²) in [7, 11) is 0. The van der Waals surface area contributed by atoms with Crippen LogP contribution >= 0.6 is 0 Å². The maximum absolute atomic E-state index is 5.89. The number of nitrogens with zero attached hydrogens (tertiary/aromatic N) is 5. The smallest absolute Gasteiger partial charge is 0.183 e. The number of rotatable bonds is 2. The lowest BCUT2D eigenvalue weighted by molar-refractivity contribution is 0.680. The minimum atomic E-state index is 0.402. The number of nitrogen functional groups attached to an aromatic ring is 1. The SMILES string of the molecule is Nc1nc(Cn2ncc3ccccc32)nc2nc[nH]c12. The predicted octanol–water partition coefficient (Wildman–Crippen LogP) is 1.33. The molecule has 98 valence electrons. The van der Waals surface area contributed by atoms with Crippen LogP contribution < -0.4 is 5.73 Å². The number of aromatic amines is 1. The van der Waals surface area contributed by atoms with E-state index in [0.717, 1.165) is 10.9 Å². The molecular formula is C13H11N7. The van der Waals surface area contributed by atoms with Crippen molar-refractivity contribution < 1.29 is 0 Å². The van der Waals surface area contributed by atoms with Crippen molar-refractivity contribution in [1.82, 2.24) is 29.7 Å². The zero-order valence-corrected chi connectivity index (χ0v) is 10.5. The Bertz CT molecular complexity index is 905. The standard InChI is InChI=1S/C13H11N7/c14-12-11-13(16-7-15-11)19-10(18-12)6-20-9-4-2-1-3-8(9)5-17-20/h1-5,7H,6H2,(H3,14,15,16,18,19). The third-order valence-corrected chi connectivity index (χ3v) is 3.20. The molecule has 0 spiro atoms. The number of aromatic nitrogens is 6. The van der Waals surface area contributed by atoms with Gasteiger partial charge in [0.05, 0.1) is 18.0 Å². The Morgan fingerprint density at radius 3 is 3.05 bits per heavy atom. The van der Waals surface area contributed by atoms with Crippen LogP contribution in [0.5, 0.6) is 0 Å². The van der Waals surface area contributed by atoms with E-state index in [0.29, 0.717) is 29.4 Å². The lowest BCUT2D eigenvalue weighted by Gasteiger charge is -2.04. The quantitative estimate of drug-likeness (QED) is 0.569. The highest BCUT2D eigenvalue weighted by molar-refractivity contribution is 5.81. The number of imidazole rings is 1. The Morgan fingerprint density at radius 1 is 1.20 bits per heavy atom. The van der Waals surface area contributed by atoms with Gasteiger partial charge in [0.2, 0.25) is 0 Å². The summed E-state index contributed by atoms with van der Waals surface area (Å²) in [5.41, 5.74) is 8.17. The molecule has 0 amide bonds. The lowest BCUT2D eigenvalue weighted by Crippen LogP contribution is -2.07. The maximum atomic E-state index is 5.89. The monoisotopic (exact) mass is 265 g/mol. The number of hydrogen-bond acceptors (Lipinski definition) is 5. The highest BCUT2D eigenvalue weighted by atomic mass is 15.3. The van der Waals surface area contributed by atoms with E-state index in [1.807, 2.05) is 35.1 Å². The number of anilines is 1. The minimum absolute atomic E-state index is 0.402. The third-order valence-electron chi connectivity index (χ3n) is 3.20. The van der Waals surface area contributed by atoms with E-state index in [4.69, 9.17) is 5.73 Å². The van der Waals surface area contributed by atoms with Gasteiger partial charge in [-0.3, -0.25) is 4.68 Å². The van der Waals surface area contributed by atoms with Crippen LogP contribution in [0.3, 0.4) is 0 Å². The van der Waals surface area contributed by atoms with Crippen LogP contribution in [0.25, 0.3) is 22.1 Å². The number of hydrogen-bond donors (Lipinski definition) is 2. The molecule has 1 aromatic carbocycles. The summed E-state index contributed by atoms with van der Waals surface area (Å²) in [6, 6.07) is 8.00. The average Bonchev–Trinajstić information content (AvgIpc) is 3.07. The van der Waals surface area contributed by atoms with Crippen molar-refractivity contribution in [2.24, 2.45) is 0 Å². The summed E-state index contributed by atoms with van der Waals surface area (Å²) in [6.45, 7) is 0.459. The maximum Gasteiger partial charge on any atom is 0.183 e. The second kappa shape index (κ2) is 4.02. The van der Waals surface area contributed by atoms with Gasteiger partial charge in [-0.25, -0.2) is 15.0 Å². The molecule has 3 aromatic heterocycles. The molecular weight excluding hydrogens is 254 g/mol. The summed E-state index contributed by atoms with van der Waals surface area (Å²) in [4.78, 5) is 15.7. The van der Waals surface area contributed by atoms with E-state index in [9.17, 15) is 0 Å². The van der Waals surface area contributed by atoms with Gasteiger partial charge in [-0.15, -0.1) is 0 Å². The van der Waals surface area contributed by atoms with Gasteiger partial charge < -0.3 is 10.7 Å². The van der Waals surface area contributed by atoms with Crippen LogP contribution in [-0.4, -0.2) is 29.7 Å². The van der Waals surface area contributed by atoms with Crippen molar-refractivity contribution in [3.8, 4) is 0 Å². The molecule has 0 aliphatic carbocycles. The number of benzene rings is 1. The van der Waals surface area contributed by atoms with Gasteiger partial charge in [0, 0.05) is 5.39 Å². The van der Waals surface area contributed by atoms with Crippen LogP contribution in [0.1, 0.15) is 5.82 Å². The zero-order chi connectivity index (χ0) is 13.5. The van der Waals surface area contributed by atoms with E-state index in [1.54, 1.807) is 6.33 Å². The van der Waals surface area contributed by atoms with Gasteiger partial charge in [-0.05, 0) is 6.07 Å². The van der Waals surface area contributed by atoms with Gasteiger partial charge in [0.15, 0.2) is 17.3 Å². The highest BCUT2D eigenvalue weighted by Crippen LogP contribution is 2.16. The lowest BCUT2D eigenvalue weighted by atomic mass is 10.2. The fraction of sp³-hybridized carbons (Fsp3) is 0.0769. The zero-order valence-electron chi connectivity index (χ0n) is 10.5. The molecule has 0 radical (unpaired) electrons. The van der Waals surface area contributed by atoms with E-state index < -0.39 is 0 Å². The summed E-state index contributed by atoms with van der Waals surface area (Å²) in [6.07, 6.45) is 3.38. The highest BCUT2D eigenvalue weighted by Gasteiger charge is 2.09. The van der Waals surface area contributed by atoms with E-state index in [1.165, 1.54) is 0 Å². The molecule has 3 N–H and O–H groups in total. The Labute approximate surface area is 113 Å². The molecule has 0 saturated heterocycles. The number of H-pyrrole nitrogens is 1. The minimum Gasteiger partial charge on any atom is -0.382 e. The van der Waals surface area contributed by atoms with E-state index in [-0.39, 0.29) is 0 Å². The molecule has 4 aromatic rings. The second-order valence-corrected chi connectivity index (χ2v) is 4.49. The van der Waals surface area contributed by atoms with Gasteiger partial charge in [0.25, 0.3) is 0 Å². The molecule has 7 heteroatoms. The Kier molecular flexibility index (Phi) is 2.19. The molecule has 0 atom stereocenters. The normalized spacial score (nSPS) is 11.4. The van der Waals surface area contributed by atoms with E-state index >= 15 is 0 Å². The van der Waals surface area contributed by atoms with Crippen LogP contribution in [0.2, 0.25) is 0 Å². The summed E-state index contributed by atoms with van der Waals surface area (Å²) < 4.78 is 1.85. The third kappa shape index (κ3) is 1.60. The summed E-state index contributed by atoms with van der Waals surface area (Å²) in [5.74, 6) is 0.995. The van der Waals surface area contributed by atoms with Gasteiger partial charge in [-0.1, -0.05) is 18.2 Å². The average molecular weight is 265 g/mol. The van der Waals surface area contributed by atoms with Crippen LogP contribution in [-0.2, 0) is 6.54 Å². The summed E-state index contributed by atoms with van der Waals surface area (Å²) in [5, 5.41) is 5.44. The van der Waals surface area contributed by atoms with Gasteiger partial charge in [-0.2, -0.15) is 5.10 Å². The second-order valence-electron chi connectivity index (χ2n) is 4.49. The fourth-order valence-electron chi connectivity index (χ4n) is 2.26. The molecule has 4 rings (SSSR count). The van der Waals surface area contributed by atoms with E-state index in [2.05, 4.69) is 25.0 Å². The first-order valence-corrected chi connectivity index (χ1v) is 6.17. The first kappa shape index (κ1) is 10.9. The predicted molar refractivity (Wildman–Crippen MR) is 74.9 cm³/mol. The largest absolute Gasteiger partial charge is 0.382 e. The van der Waals surface area contributed by atoms with Crippen molar-refractivity contribution in [3.63, 3.8) is 0 Å². The van der Waals surface area contributed by atoms with Gasteiger partial charge in [0.1, 0.15) is 12.1 Å². The van der Waals surface area contributed by atoms with Crippen LogP contribution in [0.15, 0.2) is 36.8 Å². The molecule has 0 aliphatic heterocycles. The molecule has 3 heterocycles. The van der Waals surface area contributed by atoms with Crippen LogP contribution in [0.4, 0.5) is 5.82 Å². The van der Waals surface area contributed by atoms with Crippen molar-refractivity contribution >= 4 is 27.9 Å². The number of fused-ring (bicyclic) bond motifs is 2. The number of nitrogens with two attached hydrogens (primary N) is 1. The van der Waals surface area contributed by atoms with Gasteiger partial charge >= 0.3 is 0 Å². The molecule has 0 bridgehead atoms. The molecule has 7 nitrogen and oxygen atoms in total. The molecule has 0 saturated carbocycles. The molecule has 0 aliphatic rings. The van der Waals surface area contributed by atoms with Crippen LogP contribution in [0, 0.1) is 0 Å². The Morgan fingerprint density at radius 2 is 2.10 bits per heavy atom. The first-order chi connectivity index (χ1) is 9.81. The van der Waals surface area contributed by atoms with Crippen molar-refractivity contribution in [2.75, 3.05) is 5.73 Å². The Hall–Kier alpha value is -2.96.